The van der Waals surface area contributed by atoms with Gasteiger partial charge in [0.25, 0.3) is 5.91 Å². The van der Waals surface area contributed by atoms with Crippen LogP contribution in [0, 0.1) is 0 Å². The largest absolute Gasteiger partial charge is 0.386 e. The zero-order valence-corrected chi connectivity index (χ0v) is 11.3. The van der Waals surface area contributed by atoms with Crippen molar-refractivity contribution in [3.63, 3.8) is 0 Å². The molecule has 2 atom stereocenters. The Labute approximate surface area is 113 Å². The molecule has 1 amide bonds. The van der Waals surface area contributed by atoms with Gasteiger partial charge in [-0.15, -0.1) is 12.6 Å². The van der Waals surface area contributed by atoms with E-state index in [0.29, 0.717) is 5.70 Å². The number of aliphatic hydroxyl groups excluding tert-OH is 1. The first kappa shape index (κ1) is 14.6. The van der Waals surface area contributed by atoms with Gasteiger partial charge in [0.15, 0.2) is 0 Å². The quantitative estimate of drug-likeness (QED) is 0.479. The number of rotatable bonds is 5. The third-order valence-electron chi connectivity index (χ3n) is 2.62. The summed E-state index contributed by atoms with van der Waals surface area (Å²) in [5, 5.41) is 16.9. The highest BCUT2D eigenvalue weighted by atomic mass is 32.1. The molecular weight excluding hydrogens is 248 g/mol. The van der Waals surface area contributed by atoms with Crippen molar-refractivity contribution in [2.24, 2.45) is 0 Å². The Morgan fingerprint density at radius 1 is 1.39 bits per heavy atom. The summed E-state index contributed by atoms with van der Waals surface area (Å²) >= 11 is 3.93. The second kappa shape index (κ2) is 7.08. The highest BCUT2D eigenvalue weighted by Crippen LogP contribution is 2.16. The average Bonchev–Trinajstić information content (AvgIpc) is 2.40. The van der Waals surface area contributed by atoms with Crippen LogP contribution in [0.25, 0.3) is 0 Å². The Balaban J connectivity index is 2.66. The van der Waals surface area contributed by atoms with Crippen molar-refractivity contribution in [3.05, 3.63) is 47.0 Å². The molecule has 0 saturated heterocycles. The molecule has 0 aliphatic carbocycles. The molecule has 0 saturated carbocycles. The van der Waals surface area contributed by atoms with Gasteiger partial charge in [0.2, 0.25) is 0 Å². The number of thiol groups is 1. The van der Waals surface area contributed by atoms with E-state index in [0.717, 1.165) is 5.56 Å². The van der Waals surface area contributed by atoms with Crippen LogP contribution in [-0.2, 0) is 4.79 Å². The predicted molar refractivity (Wildman–Crippen MR) is 75.1 cm³/mol. The number of amides is 1. The Morgan fingerprint density at radius 3 is 2.50 bits per heavy atom. The fourth-order valence-corrected chi connectivity index (χ4v) is 1.79. The molecule has 0 aromatic heterocycles. The van der Waals surface area contributed by atoms with Crippen molar-refractivity contribution in [2.75, 3.05) is 7.05 Å². The lowest BCUT2D eigenvalue weighted by atomic mass is 10.0. The molecule has 0 spiro atoms. The van der Waals surface area contributed by atoms with Crippen LogP contribution in [0.5, 0.6) is 0 Å². The maximum atomic E-state index is 11.7. The van der Waals surface area contributed by atoms with E-state index < -0.39 is 12.1 Å². The van der Waals surface area contributed by atoms with Gasteiger partial charge in [-0.1, -0.05) is 30.3 Å². The molecule has 4 nitrogen and oxygen atoms in total. The highest BCUT2D eigenvalue weighted by Gasteiger charge is 2.19. The van der Waals surface area contributed by atoms with Crippen molar-refractivity contribution in [1.82, 2.24) is 10.6 Å². The van der Waals surface area contributed by atoms with Gasteiger partial charge in [0.05, 0.1) is 12.1 Å². The summed E-state index contributed by atoms with van der Waals surface area (Å²) in [6, 6.07) is 8.82. The molecule has 1 rings (SSSR count). The van der Waals surface area contributed by atoms with Crippen molar-refractivity contribution >= 4 is 18.5 Å². The normalized spacial score (nSPS) is 14.8. The summed E-state index contributed by atoms with van der Waals surface area (Å²) in [6.07, 6.45) is -0.742. The topological polar surface area (TPSA) is 61.4 Å². The molecule has 1 aromatic rings. The number of likely N-dealkylation sites (N-methyl/N-ethyl adjacent to an activating group) is 1. The monoisotopic (exact) mass is 266 g/mol. The molecule has 0 radical (unpaired) electrons. The molecular formula is C13H18N2O2S. The number of hydrogen-bond donors (Lipinski definition) is 4. The minimum Gasteiger partial charge on any atom is -0.386 e. The maximum absolute atomic E-state index is 11.7. The third-order valence-corrected chi connectivity index (χ3v) is 2.87. The van der Waals surface area contributed by atoms with Gasteiger partial charge < -0.3 is 15.7 Å². The van der Waals surface area contributed by atoms with Gasteiger partial charge in [-0.05, 0) is 17.9 Å². The molecule has 0 aliphatic rings. The van der Waals surface area contributed by atoms with E-state index in [1.54, 1.807) is 14.0 Å². The summed E-state index contributed by atoms with van der Waals surface area (Å²) < 4.78 is 0. The molecule has 5 heteroatoms. The van der Waals surface area contributed by atoms with Crippen LogP contribution in [0.15, 0.2) is 41.4 Å². The molecule has 3 N–H and O–H groups in total. The third kappa shape index (κ3) is 3.78. The average molecular weight is 266 g/mol. The van der Waals surface area contributed by atoms with Gasteiger partial charge >= 0.3 is 0 Å². The van der Waals surface area contributed by atoms with Crippen LogP contribution in [-0.4, -0.2) is 24.1 Å². The van der Waals surface area contributed by atoms with E-state index in [2.05, 4.69) is 23.3 Å². The Morgan fingerprint density at radius 2 is 2.00 bits per heavy atom. The van der Waals surface area contributed by atoms with Gasteiger partial charge in [-0.2, -0.15) is 0 Å². The smallest absolute Gasteiger partial charge is 0.268 e. The Hall–Kier alpha value is -1.46. The van der Waals surface area contributed by atoms with Crippen molar-refractivity contribution in [3.8, 4) is 0 Å². The fraction of sp³-hybridized carbons (Fsp3) is 0.308. The number of nitrogens with one attached hydrogen (secondary N) is 2. The van der Waals surface area contributed by atoms with E-state index >= 15 is 0 Å². The zero-order chi connectivity index (χ0) is 13.5. The van der Waals surface area contributed by atoms with Crippen LogP contribution in [0.4, 0.5) is 0 Å². The number of hydrogen-bond acceptors (Lipinski definition) is 4. The fourth-order valence-electron chi connectivity index (χ4n) is 1.54. The second-order valence-electron chi connectivity index (χ2n) is 3.91. The SMILES string of the molecule is CN/C(=C\S)C(=O)N[C@H](C)C(O)c1ccccc1. The molecule has 0 bridgehead atoms. The van der Waals surface area contributed by atoms with Gasteiger partial charge in [0, 0.05) is 7.05 Å². The summed E-state index contributed by atoms with van der Waals surface area (Å²) in [4.78, 5) is 11.7. The summed E-state index contributed by atoms with van der Waals surface area (Å²) in [7, 11) is 1.64. The van der Waals surface area contributed by atoms with Crippen LogP contribution < -0.4 is 10.6 Å². The van der Waals surface area contributed by atoms with Gasteiger partial charge in [-0.3, -0.25) is 4.79 Å². The number of carbonyl (C=O) groups is 1. The lowest BCUT2D eigenvalue weighted by Crippen LogP contribution is -2.39. The standard InChI is InChI=1S/C13H18N2O2S/c1-9(15-13(17)11(8-18)14-2)12(16)10-6-4-3-5-7-10/h3-9,12,14,16,18H,1-2H3,(H,15,17)/b11-8-/t9-,12?/m1/s1. The molecule has 0 heterocycles. The van der Waals surface area contributed by atoms with E-state index in [1.165, 1.54) is 5.41 Å². The maximum Gasteiger partial charge on any atom is 0.268 e. The summed E-state index contributed by atoms with van der Waals surface area (Å²) in [5.74, 6) is -0.296. The lowest BCUT2D eigenvalue weighted by molar-refractivity contribution is -0.119. The molecule has 0 fully saturated rings. The van der Waals surface area contributed by atoms with Crippen LogP contribution in [0.3, 0.4) is 0 Å². The van der Waals surface area contributed by atoms with Gasteiger partial charge in [-0.25, -0.2) is 0 Å². The van der Waals surface area contributed by atoms with E-state index in [1.807, 2.05) is 30.3 Å². The van der Waals surface area contributed by atoms with Crippen molar-refractivity contribution < 1.29 is 9.90 Å². The highest BCUT2D eigenvalue weighted by molar-refractivity contribution is 7.83. The minimum absolute atomic E-state index is 0.296. The number of aliphatic hydroxyl groups is 1. The van der Waals surface area contributed by atoms with E-state index in [9.17, 15) is 9.90 Å². The van der Waals surface area contributed by atoms with Crippen LogP contribution in [0.1, 0.15) is 18.6 Å². The van der Waals surface area contributed by atoms with Crippen LogP contribution >= 0.6 is 12.6 Å². The minimum atomic E-state index is -0.742. The van der Waals surface area contributed by atoms with E-state index in [-0.39, 0.29) is 5.91 Å². The first-order chi connectivity index (χ1) is 8.60. The Kier molecular flexibility index (Phi) is 5.74. The second-order valence-corrected chi connectivity index (χ2v) is 4.17. The molecule has 18 heavy (non-hydrogen) atoms. The van der Waals surface area contributed by atoms with Gasteiger partial charge in [0.1, 0.15) is 5.70 Å². The summed E-state index contributed by atoms with van der Waals surface area (Å²) in [6.45, 7) is 1.75. The molecule has 0 aliphatic heterocycles. The van der Waals surface area contributed by atoms with Crippen molar-refractivity contribution in [1.29, 1.82) is 0 Å². The van der Waals surface area contributed by atoms with Crippen molar-refractivity contribution in [2.45, 2.75) is 19.1 Å². The molecule has 1 aromatic carbocycles. The first-order valence-corrected chi connectivity index (χ1v) is 6.17. The first-order valence-electron chi connectivity index (χ1n) is 5.66. The van der Waals surface area contributed by atoms with Crippen LogP contribution in [0.2, 0.25) is 0 Å². The molecule has 98 valence electrons. The molecule has 1 unspecified atom stereocenters. The number of carbonyl (C=O) groups excluding carboxylic acids is 1. The number of benzene rings is 1. The summed E-state index contributed by atoms with van der Waals surface area (Å²) in [5.41, 5.74) is 1.12. The predicted octanol–water partition coefficient (Wildman–Crippen LogP) is 1.22. The van der Waals surface area contributed by atoms with E-state index in [4.69, 9.17) is 0 Å². The lowest BCUT2D eigenvalue weighted by Gasteiger charge is -2.21. The zero-order valence-electron chi connectivity index (χ0n) is 10.4. The Bertz CT molecular complexity index is 420.